The minimum Gasteiger partial charge on any atom is -0.309 e. The third-order valence-electron chi connectivity index (χ3n) is 3.45. The van der Waals surface area contributed by atoms with Crippen LogP contribution in [0, 0.1) is 5.41 Å². The third kappa shape index (κ3) is 2.20. The molecule has 0 atom stereocenters. The summed E-state index contributed by atoms with van der Waals surface area (Å²) < 4.78 is 0. The summed E-state index contributed by atoms with van der Waals surface area (Å²) in [5.41, 5.74) is 1.08. The summed E-state index contributed by atoms with van der Waals surface area (Å²) in [6, 6.07) is 7.61. The molecule has 104 valence electrons. The molecule has 0 N–H and O–H groups in total. The standard InChI is InChI=1S/C15H16ClN3O/c1-15(2)9-13-18(10-15)14(17-19(13)7-8-20)11-3-5-12(16)6-4-11/h3-6,8-9H,7,10H2,1-2H3. The van der Waals surface area contributed by atoms with Crippen LogP contribution in [0.5, 0.6) is 0 Å². The van der Waals surface area contributed by atoms with E-state index in [-0.39, 0.29) is 12.0 Å². The number of hydrogen-bond acceptors (Lipinski definition) is 4. The number of hydrazone groups is 1. The molecule has 4 nitrogen and oxygen atoms in total. The number of aldehydes is 1. The van der Waals surface area contributed by atoms with Crippen molar-refractivity contribution in [2.45, 2.75) is 13.8 Å². The Hall–Kier alpha value is -1.81. The van der Waals surface area contributed by atoms with Crippen molar-refractivity contribution in [3.63, 3.8) is 0 Å². The van der Waals surface area contributed by atoms with Gasteiger partial charge in [-0.25, -0.2) is 5.01 Å². The number of rotatable bonds is 3. The highest BCUT2D eigenvalue weighted by molar-refractivity contribution is 6.30. The van der Waals surface area contributed by atoms with Gasteiger partial charge in [0.1, 0.15) is 12.1 Å². The fraction of sp³-hybridized carbons (Fsp3) is 0.333. The molecule has 0 fully saturated rings. The summed E-state index contributed by atoms with van der Waals surface area (Å²) in [7, 11) is 0. The molecule has 0 spiro atoms. The predicted octanol–water partition coefficient (Wildman–Crippen LogP) is 2.70. The molecule has 3 rings (SSSR count). The maximum atomic E-state index is 10.8. The van der Waals surface area contributed by atoms with Crippen molar-refractivity contribution in [3.05, 3.63) is 46.7 Å². The van der Waals surface area contributed by atoms with E-state index in [4.69, 9.17) is 11.6 Å². The highest BCUT2D eigenvalue weighted by atomic mass is 35.5. The largest absolute Gasteiger partial charge is 0.309 e. The molecule has 0 saturated carbocycles. The Balaban J connectivity index is 1.99. The van der Waals surface area contributed by atoms with Crippen LogP contribution < -0.4 is 0 Å². The molecular weight excluding hydrogens is 274 g/mol. The Bertz CT molecular complexity index is 604. The third-order valence-corrected chi connectivity index (χ3v) is 3.70. The van der Waals surface area contributed by atoms with E-state index in [0.29, 0.717) is 5.02 Å². The molecular formula is C15H16ClN3O. The van der Waals surface area contributed by atoms with Crippen LogP contribution in [0.1, 0.15) is 19.4 Å². The first-order valence-corrected chi connectivity index (χ1v) is 6.94. The maximum Gasteiger partial charge on any atom is 0.162 e. The van der Waals surface area contributed by atoms with Gasteiger partial charge in [0.05, 0.1) is 6.54 Å². The van der Waals surface area contributed by atoms with Gasteiger partial charge in [-0.2, -0.15) is 5.10 Å². The van der Waals surface area contributed by atoms with Crippen LogP contribution in [0.15, 0.2) is 41.3 Å². The van der Waals surface area contributed by atoms with Gasteiger partial charge in [0.15, 0.2) is 5.84 Å². The quantitative estimate of drug-likeness (QED) is 0.803. The first kappa shape index (κ1) is 13.2. The second-order valence-electron chi connectivity index (χ2n) is 5.76. The van der Waals surface area contributed by atoms with Gasteiger partial charge in [-0.1, -0.05) is 25.4 Å². The molecule has 0 bridgehead atoms. The van der Waals surface area contributed by atoms with Gasteiger partial charge in [0.25, 0.3) is 0 Å². The zero-order valence-electron chi connectivity index (χ0n) is 11.5. The van der Waals surface area contributed by atoms with Gasteiger partial charge < -0.3 is 9.69 Å². The molecule has 2 aliphatic rings. The van der Waals surface area contributed by atoms with Crippen molar-refractivity contribution in [1.29, 1.82) is 0 Å². The Morgan fingerprint density at radius 2 is 2.05 bits per heavy atom. The highest BCUT2D eigenvalue weighted by Gasteiger charge is 2.39. The molecule has 2 aliphatic heterocycles. The molecule has 20 heavy (non-hydrogen) atoms. The van der Waals surface area contributed by atoms with Crippen molar-refractivity contribution in [2.75, 3.05) is 13.1 Å². The normalized spacial score (nSPS) is 19.8. The molecule has 0 aromatic heterocycles. The van der Waals surface area contributed by atoms with Gasteiger partial charge in [-0.05, 0) is 30.3 Å². The van der Waals surface area contributed by atoms with Crippen LogP contribution in [0.2, 0.25) is 5.02 Å². The fourth-order valence-corrected chi connectivity index (χ4v) is 2.72. The minimum absolute atomic E-state index is 0.0735. The smallest absolute Gasteiger partial charge is 0.162 e. The highest BCUT2D eigenvalue weighted by Crippen LogP contribution is 2.37. The molecule has 1 aromatic rings. The first-order chi connectivity index (χ1) is 9.50. The number of fused-ring (bicyclic) bond motifs is 1. The molecule has 1 aromatic carbocycles. The molecule has 5 heteroatoms. The summed E-state index contributed by atoms with van der Waals surface area (Å²) in [5, 5.41) is 7.02. The molecule has 2 heterocycles. The maximum absolute atomic E-state index is 10.8. The molecule has 0 unspecified atom stereocenters. The van der Waals surface area contributed by atoms with Crippen molar-refractivity contribution in [1.82, 2.24) is 9.91 Å². The van der Waals surface area contributed by atoms with Gasteiger partial charge in [-0.3, -0.25) is 0 Å². The predicted molar refractivity (Wildman–Crippen MR) is 79.3 cm³/mol. The van der Waals surface area contributed by atoms with E-state index in [1.54, 1.807) is 5.01 Å². The summed E-state index contributed by atoms with van der Waals surface area (Å²) in [6.45, 7) is 5.49. The average molecular weight is 290 g/mol. The zero-order valence-corrected chi connectivity index (χ0v) is 12.3. The zero-order chi connectivity index (χ0) is 14.3. The van der Waals surface area contributed by atoms with Crippen LogP contribution in [0.4, 0.5) is 0 Å². The summed E-state index contributed by atoms with van der Waals surface area (Å²) >= 11 is 5.93. The Kier molecular flexibility index (Phi) is 3.05. The van der Waals surface area contributed by atoms with E-state index < -0.39 is 0 Å². The van der Waals surface area contributed by atoms with Crippen molar-refractivity contribution in [2.24, 2.45) is 10.5 Å². The number of carbonyl (C=O) groups is 1. The summed E-state index contributed by atoms with van der Waals surface area (Å²) in [5.74, 6) is 1.87. The molecule has 0 saturated heterocycles. The fourth-order valence-electron chi connectivity index (χ4n) is 2.60. The van der Waals surface area contributed by atoms with E-state index in [9.17, 15) is 4.79 Å². The minimum atomic E-state index is 0.0735. The number of amidine groups is 1. The van der Waals surface area contributed by atoms with Gasteiger partial charge in [-0.15, -0.1) is 0 Å². The van der Waals surface area contributed by atoms with Crippen LogP contribution in [-0.2, 0) is 4.79 Å². The Morgan fingerprint density at radius 1 is 1.35 bits per heavy atom. The monoisotopic (exact) mass is 289 g/mol. The van der Waals surface area contributed by atoms with E-state index in [2.05, 4.69) is 29.9 Å². The van der Waals surface area contributed by atoms with E-state index in [1.807, 2.05) is 24.3 Å². The van der Waals surface area contributed by atoms with E-state index in [1.165, 1.54) is 0 Å². The lowest BCUT2D eigenvalue weighted by atomic mass is 9.95. The SMILES string of the molecule is CC1(C)C=C2N(CC=O)N=C(c3ccc(Cl)cc3)N2C1. The van der Waals surface area contributed by atoms with Gasteiger partial charge in [0, 0.05) is 22.5 Å². The molecule has 0 radical (unpaired) electrons. The lowest BCUT2D eigenvalue weighted by Gasteiger charge is -2.21. The lowest BCUT2D eigenvalue weighted by Crippen LogP contribution is -2.30. The van der Waals surface area contributed by atoms with Gasteiger partial charge in [0.2, 0.25) is 0 Å². The second-order valence-corrected chi connectivity index (χ2v) is 6.19. The van der Waals surface area contributed by atoms with Crippen LogP contribution in [-0.4, -0.2) is 35.1 Å². The molecule has 0 aliphatic carbocycles. The average Bonchev–Trinajstić information content (AvgIpc) is 2.86. The number of benzene rings is 1. The number of hydrogen-bond donors (Lipinski definition) is 0. The molecule has 0 amide bonds. The number of halogens is 1. The van der Waals surface area contributed by atoms with Crippen LogP contribution in [0.25, 0.3) is 0 Å². The Labute approximate surface area is 123 Å². The number of carbonyl (C=O) groups excluding carboxylic acids is 1. The summed E-state index contributed by atoms with van der Waals surface area (Å²) in [4.78, 5) is 13.0. The van der Waals surface area contributed by atoms with E-state index in [0.717, 1.165) is 30.1 Å². The Morgan fingerprint density at radius 3 is 2.70 bits per heavy atom. The van der Waals surface area contributed by atoms with Crippen LogP contribution >= 0.6 is 11.6 Å². The van der Waals surface area contributed by atoms with Crippen molar-refractivity contribution >= 4 is 23.7 Å². The number of nitrogens with zero attached hydrogens (tertiary/aromatic N) is 3. The van der Waals surface area contributed by atoms with E-state index >= 15 is 0 Å². The van der Waals surface area contributed by atoms with Crippen LogP contribution in [0.3, 0.4) is 0 Å². The van der Waals surface area contributed by atoms with Crippen molar-refractivity contribution in [3.8, 4) is 0 Å². The van der Waals surface area contributed by atoms with Gasteiger partial charge >= 0.3 is 0 Å². The topological polar surface area (TPSA) is 35.9 Å². The summed E-state index contributed by atoms with van der Waals surface area (Å²) in [6.07, 6.45) is 3.04. The first-order valence-electron chi connectivity index (χ1n) is 6.56. The second kappa shape index (κ2) is 4.63. The van der Waals surface area contributed by atoms with Crippen molar-refractivity contribution < 1.29 is 4.79 Å². The lowest BCUT2D eigenvalue weighted by molar-refractivity contribution is -0.108.